The van der Waals surface area contributed by atoms with Gasteiger partial charge in [-0.15, -0.1) is 0 Å². The van der Waals surface area contributed by atoms with Crippen LogP contribution in [0.2, 0.25) is 0 Å². The lowest BCUT2D eigenvalue weighted by Gasteiger charge is -2.30. The number of likely N-dealkylation sites (N-methyl/N-ethyl adjacent to an activating group) is 1. The Bertz CT molecular complexity index is 1250. The Balaban J connectivity index is 1.73. The number of hydrogen-bond acceptors (Lipinski definition) is 4. The van der Waals surface area contributed by atoms with E-state index in [4.69, 9.17) is 4.74 Å². The van der Waals surface area contributed by atoms with Crippen LogP contribution in [0.3, 0.4) is 0 Å². The number of aromatic nitrogens is 1. The van der Waals surface area contributed by atoms with Gasteiger partial charge < -0.3 is 19.1 Å². The molecule has 1 saturated carbocycles. The minimum atomic E-state index is -0.323. The van der Waals surface area contributed by atoms with Crippen molar-refractivity contribution < 1.29 is 14.3 Å². The van der Waals surface area contributed by atoms with Gasteiger partial charge in [-0.1, -0.05) is 49.6 Å². The van der Waals surface area contributed by atoms with Gasteiger partial charge in [0.25, 0.3) is 0 Å². The summed E-state index contributed by atoms with van der Waals surface area (Å²) in [5, 5.41) is 1.22. The van der Waals surface area contributed by atoms with E-state index >= 15 is 0 Å². The molecule has 6 nitrogen and oxygen atoms in total. The van der Waals surface area contributed by atoms with Crippen molar-refractivity contribution in [2.45, 2.75) is 51.1 Å². The predicted octanol–water partition coefficient (Wildman–Crippen LogP) is 5.05. The van der Waals surface area contributed by atoms with Gasteiger partial charge in [-0.25, -0.2) is 4.79 Å². The van der Waals surface area contributed by atoms with Crippen LogP contribution in [0, 0.1) is 0 Å². The van der Waals surface area contributed by atoms with E-state index in [0.29, 0.717) is 37.7 Å². The molecule has 0 spiro atoms. The third-order valence-electron chi connectivity index (χ3n) is 7.57. The zero-order valence-electron chi connectivity index (χ0n) is 21.0. The fourth-order valence-electron chi connectivity index (χ4n) is 5.93. The molecule has 35 heavy (non-hydrogen) atoms. The SMILES string of the molecule is COC(=O)c1ccc2c(C3CCCCC3)c3n(c2c1)CCN(C(=O)CN(C)C)Cc1ccccc1-3. The monoisotopic (exact) mass is 473 g/mol. The van der Waals surface area contributed by atoms with Gasteiger partial charge >= 0.3 is 5.97 Å². The van der Waals surface area contributed by atoms with Crippen LogP contribution in [0.25, 0.3) is 22.2 Å². The number of carbonyl (C=O) groups is 2. The largest absolute Gasteiger partial charge is 0.465 e. The van der Waals surface area contributed by atoms with Crippen molar-refractivity contribution in [2.24, 2.45) is 0 Å². The van der Waals surface area contributed by atoms with Gasteiger partial charge in [0.1, 0.15) is 0 Å². The fraction of sp³-hybridized carbons (Fsp3) is 0.448. The maximum absolute atomic E-state index is 13.1. The molecule has 0 radical (unpaired) electrons. The normalized spacial score (nSPS) is 16.5. The van der Waals surface area contributed by atoms with Crippen molar-refractivity contribution >= 4 is 22.8 Å². The molecule has 2 heterocycles. The van der Waals surface area contributed by atoms with E-state index in [-0.39, 0.29) is 11.9 Å². The van der Waals surface area contributed by atoms with E-state index in [1.165, 1.54) is 67.0 Å². The van der Waals surface area contributed by atoms with Gasteiger partial charge in [-0.3, -0.25) is 4.79 Å². The van der Waals surface area contributed by atoms with Crippen molar-refractivity contribution in [1.82, 2.24) is 14.4 Å². The van der Waals surface area contributed by atoms with Gasteiger partial charge in [0, 0.05) is 36.1 Å². The smallest absolute Gasteiger partial charge is 0.337 e. The van der Waals surface area contributed by atoms with Crippen molar-refractivity contribution in [1.29, 1.82) is 0 Å². The van der Waals surface area contributed by atoms with Crippen molar-refractivity contribution in [3.8, 4) is 11.3 Å². The number of hydrogen-bond donors (Lipinski definition) is 0. The molecular formula is C29H35N3O3. The molecule has 1 aliphatic carbocycles. The molecule has 3 aromatic rings. The van der Waals surface area contributed by atoms with Crippen LogP contribution in [0.15, 0.2) is 42.5 Å². The molecule has 2 aromatic carbocycles. The highest BCUT2D eigenvalue weighted by atomic mass is 16.5. The number of ether oxygens (including phenoxy) is 1. The lowest BCUT2D eigenvalue weighted by Crippen LogP contribution is -2.40. The van der Waals surface area contributed by atoms with Crippen molar-refractivity contribution in [3.63, 3.8) is 0 Å². The highest BCUT2D eigenvalue weighted by Gasteiger charge is 2.30. The van der Waals surface area contributed by atoms with E-state index in [1.54, 1.807) is 0 Å². The Morgan fingerprint density at radius 2 is 1.80 bits per heavy atom. The average molecular weight is 474 g/mol. The van der Waals surface area contributed by atoms with E-state index < -0.39 is 0 Å². The summed E-state index contributed by atoms with van der Waals surface area (Å²) in [4.78, 5) is 29.4. The predicted molar refractivity (Wildman–Crippen MR) is 139 cm³/mol. The number of rotatable bonds is 4. The van der Waals surface area contributed by atoms with Crippen LogP contribution in [-0.4, -0.2) is 60.5 Å². The van der Waals surface area contributed by atoms with Crippen LogP contribution in [-0.2, 0) is 22.6 Å². The molecule has 0 N–H and O–H groups in total. The Hall–Kier alpha value is -3.12. The third kappa shape index (κ3) is 4.47. The summed E-state index contributed by atoms with van der Waals surface area (Å²) in [6.45, 7) is 2.32. The van der Waals surface area contributed by atoms with Crippen molar-refractivity contribution in [2.75, 3.05) is 34.3 Å². The minimum Gasteiger partial charge on any atom is -0.465 e. The van der Waals surface area contributed by atoms with Gasteiger partial charge in [0.2, 0.25) is 5.91 Å². The second-order valence-electron chi connectivity index (χ2n) is 10.2. The molecule has 1 fully saturated rings. The zero-order valence-corrected chi connectivity index (χ0v) is 21.0. The lowest BCUT2D eigenvalue weighted by molar-refractivity contribution is -0.132. The Morgan fingerprint density at radius 3 is 2.54 bits per heavy atom. The van der Waals surface area contributed by atoms with Crippen LogP contribution in [0.5, 0.6) is 0 Å². The summed E-state index contributed by atoms with van der Waals surface area (Å²) in [6, 6.07) is 14.5. The molecule has 1 aliphatic heterocycles. The molecule has 184 valence electrons. The molecule has 0 atom stereocenters. The number of methoxy groups -OCH3 is 1. The first-order valence-corrected chi connectivity index (χ1v) is 12.7. The second-order valence-corrected chi connectivity index (χ2v) is 10.2. The van der Waals surface area contributed by atoms with Crippen LogP contribution in [0.1, 0.15) is 59.5 Å². The maximum atomic E-state index is 13.1. The van der Waals surface area contributed by atoms with E-state index in [1.807, 2.05) is 36.0 Å². The van der Waals surface area contributed by atoms with Crippen molar-refractivity contribution in [3.05, 3.63) is 59.2 Å². The standard InChI is InChI=1S/C29H35N3O3/c1-30(2)19-26(33)31-15-16-32-25-17-21(29(34)35-3)13-14-24(25)27(20-9-5-4-6-10-20)28(32)23-12-8-7-11-22(23)18-31/h7-8,11-14,17,20H,4-6,9-10,15-16,18-19H2,1-3H3. The molecule has 1 amide bonds. The Morgan fingerprint density at radius 1 is 1.03 bits per heavy atom. The van der Waals surface area contributed by atoms with E-state index in [2.05, 4.69) is 34.9 Å². The summed E-state index contributed by atoms with van der Waals surface area (Å²) >= 11 is 0. The van der Waals surface area contributed by atoms with Crippen LogP contribution in [0.4, 0.5) is 0 Å². The molecular weight excluding hydrogens is 438 g/mol. The molecule has 5 rings (SSSR count). The molecule has 0 unspecified atom stereocenters. The number of fused-ring (bicyclic) bond motifs is 5. The second kappa shape index (κ2) is 9.86. The molecule has 2 aliphatic rings. The van der Waals surface area contributed by atoms with E-state index in [0.717, 1.165) is 5.52 Å². The molecule has 6 heteroatoms. The number of amides is 1. The highest BCUT2D eigenvalue weighted by molar-refractivity contribution is 5.99. The molecule has 0 bridgehead atoms. The van der Waals surface area contributed by atoms with Gasteiger partial charge in [-0.05, 0) is 56.1 Å². The average Bonchev–Trinajstić information content (AvgIpc) is 3.17. The topological polar surface area (TPSA) is 54.8 Å². The number of esters is 1. The Labute approximate surface area is 207 Å². The fourth-order valence-corrected chi connectivity index (χ4v) is 5.93. The van der Waals surface area contributed by atoms with Gasteiger partial charge in [0.15, 0.2) is 0 Å². The van der Waals surface area contributed by atoms with Gasteiger partial charge in [-0.2, -0.15) is 0 Å². The van der Waals surface area contributed by atoms with E-state index in [9.17, 15) is 9.59 Å². The molecule has 1 aromatic heterocycles. The van der Waals surface area contributed by atoms with Crippen LogP contribution < -0.4 is 0 Å². The number of nitrogens with zero attached hydrogens (tertiary/aromatic N) is 3. The first-order chi connectivity index (χ1) is 17.0. The van der Waals surface area contributed by atoms with Crippen LogP contribution >= 0.6 is 0 Å². The third-order valence-corrected chi connectivity index (χ3v) is 7.57. The highest BCUT2D eigenvalue weighted by Crippen LogP contribution is 2.45. The Kier molecular flexibility index (Phi) is 6.65. The quantitative estimate of drug-likeness (QED) is 0.498. The maximum Gasteiger partial charge on any atom is 0.337 e. The first kappa shape index (κ1) is 23.6. The number of carbonyl (C=O) groups excluding carboxylic acids is 2. The summed E-state index contributed by atoms with van der Waals surface area (Å²) in [7, 11) is 5.28. The minimum absolute atomic E-state index is 0.132. The zero-order chi connectivity index (χ0) is 24.5. The summed E-state index contributed by atoms with van der Waals surface area (Å²) < 4.78 is 7.39. The first-order valence-electron chi connectivity index (χ1n) is 12.7. The summed E-state index contributed by atoms with van der Waals surface area (Å²) in [5.41, 5.74) is 6.67. The molecule has 0 saturated heterocycles. The number of benzene rings is 2. The summed E-state index contributed by atoms with van der Waals surface area (Å²) in [6.07, 6.45) is 6.20. The summed E-state index contributed by atoms with van der Waals surface area (Å²) in [5.74, 6) is 0.314. The van der Waals surface area contributed by atoms with Gasteiger partial charge in [0.05, 0.1) is 24.9 Å². The lowest BCUT2D eigenvalue weighted by atomic mass is 9.81.